The predicted molar refractivity (Wildman–Crippen MR) is 149 cm³/mol. The molecule has 1 aliphatic heterocycles. The van der Waals surface area contributed by atoms with Crippen molar-refractivity contribution in [2.24, 2.45) is 0 Å². The molecule has 1 amide bonds. The molecule has 10 heteroatoms. The lowest BCUT2D eigenvalue weighted by molar-refractivity contribution is -0.117. The van der Waals surface area contributed by atoms with Gasteiger partial charge in [-0.15, -0.1) is 0 Å². The molecule has 196 valence electrons. The molecular weight excluding hydrogens is 540 g/mol. The lowest BCUT2D eigenvalue weighted by Crippen LogP contribution is -2.31. The highest BCUT2D eigenvalue weighted by Gasteiger charge is 2.47. The van der Waals surface area contributed by atoms with Crippen molar-refractivity contribution in [2.75, 3.05) is 18.6 Å². The summed E-state index contributed by atoms with van der Waals surface area (Å²) in [4.78, 5) is 33.4. The molecule has 1 N–H and O–H groups in total. The number of ether oxygens (including phenoxy) is 2. The van der Waals surface area contributed by atoms with Gasteiger partial charge in [-0.25, -0.2) is 4.98 Å². The predicted octanol–water partition coefficient (Wildman–Crippen LogP) is 6.89. The van der Waals surface area contributed by atoms with Crippen LogP contribution in [0.3, 0.4) is 0 Å². The second-order valence-electron chi connectivity index (χ2n) is 8.77. The SMILES string of the molecule is CCOc1ccc(C2C(C(=O)c3cc4ccccc4o3)=C(O)C(=O)N2c2nc3ccc(Cl)cc3s2)cc1OC. The van der Waals surface area contributed by atoms with Gasteiger partial charge in [0.05, 0.1) is 35.5 Å². The van der Waals surface area contributed by atoms with E-state index in [4.69, 9.17) is 25.5 Å². The molecule has 1 atom stereocenters. The van der Waals surface area contributed by atoms with E-state index in [0.29, 0.717) is 44.9 Å². The third-order valence-corrected chi connectivity index (χ3v) is 7.70. The molecule has 3 heterocycles. The number of halogens is 1. The fourth-order valence-electron chi connectivity index (χ4n) is 4.69. The summed E-state index contributed by atoms with van der Waals surface area (Å²) in [6, 6.07) is 18.1. The third-order valence-electron chi connectivity index (χ3n) is 6.45. The van der Waals surface area contributed by atoms with Gasteiger partial charge in [-0.2, -0.15) is 0 Å². The molecule has 5 aromatic rings. The fourth-order valence-corrected chi connectivity index (χ4v) is 5.96. The zero-order chi connectivity index (χ0) is 27.3. The third kappa shape index (κ3) is 4.20. The van der Waals surface area contributed by atoms with Gasteiger partial charge in [0.25, 0.3) is 5.91 Å². The van der Waals surface area contributed by atoms with Crippen LogP contribution < -0.4 is 14.4 Å². The van der Waals surface area contributed by atoms with Gasteiger partial charge in [0, 0.05) is 10.4 Å². The topological polar surface area (TPSA) is 102 Å². The second kappa shape index (κ2) is 9.76. The van der Waals surface area contributed by atoms with Crippen LogP contribution in [-0.2, 0) is 4.79 Å². The summed E-state index contributed by atoms with van der Waals surface area (Å²) in [6.07, 6.45) is 0. The van der Waals surface area contributed by atoms with E-state index in [2.05, 4.69) is 4.98 Å². The van der Waals surface area contributed by atoms with Gasteiger partial charge in [-0.3, -0.25) is 14.5 Å². The first-order valence-corrected chi connectivity index (χ1v) is 13.3. The van der Waals surface area contributed by atoms with E-state index < -0.39 is 23.5 Å². The van der Waals surface area contributed by atoms with E-state index in [1.54, 1.807) is 54.6 Å². The molecule has 3 aromatic carbocycles. The minimum absolute atomic E-state index is 0.00591. The van der Waals surface area contributed by atoms with Crippen LogP contribution in [0.5, 0.6) is 11.5 Å². The van der Waals surface area contributed by atoms with Crippen LogP contribution in [-0.4, -0.2) is 35.5 Å². The van der Waals surface area contributed by atoms with Gasteiger partial charge in [0.1, 0.15) is 5.58 Å². The summed E-state index contributed by atoms with van der Waals surface area (Å²) in [5.74, 6) is -1.10. The van der Waals surface area contributed by atoms with Crippen molar-refractivity contribution in [3.63, 3.8) is 0 Å². The van der Waals surface area contributed by atoms with Gasteiger partial charge in [0.15, 0.2) is 28.1 Å². The number of nitrogens with zero attached hydrogens (tertiary/aromatic N) is 2. The molecule has 0 aliphatic carbocycles. The number of methoxy groups -OCH3 is 1. The number of furan rings is 1. The maximum Gasteiger partial charge on any atom is 0.296 e. The monoisotopic (exact) mass is 560 g/mol. The van der Waals surface area contributed by atoms with Gasteiger partial charge in [-0.05, 0) is 55.0 Å². The summed E-state index contributed by atoms with van der Waals surface area (Å²) in [6.45, 7) is 2.28. The number of aliphatic hydroxyl groups excluding tert-OH is 1. The van der Waals surface area contributed by atoms with Crippen molar-refractivity contribution in [1.29, 1.82) is 0 Å². The van der Waals surface area contributed by atoms with Crippen molar-refractivity contribution in [3.8, 4) is 11.5 Å². The minimum Gasteiger partial charge on any atom is -0.503 e. The van der Waals surface area contributed by atoms with Gasteiger partial charge < -0.3 is 19.0 Å². The number of rotatable bonds is 7. The molecular formula is C29H21ClN2O6S. The number of hydrogen-bond donors (Lipinski definition) is 1. The quantitative estimate of drug-likeness (QED) is 0.216. The summed E-state index contributed by atoms with van der Waals surface area (Å²) < 4.78 is 17.8. The highest BCUT2D eigenvalue weighted by atomic mass is 35.5. The van der Waals surface area contributed by atoms with E-state index in [-0.39, 0.29) is 11.3 Å². The number of anilines is 1. The highest BCUT2D eigenvalue weighted by molar-refractivity contribution is 7.22. The lowest BCUT2D eigenvalue weighted by atomic mass is 9.95. The zero-order valence-corrected chi connectivity index (χ0v) is 22.4. The Morgan fingerprint density at radius 2 is 1.95 bits per heavy atom. The first-order valence-electron chi connectivity index (χ1n) is 12.1. The Kier molecular flexibility index (Phi) is 6.25. The largest absolute Gasteiger partial charge is 0.503 e. The van der Waals surface area contributed by atoms with E-state index in [9.17, 15) is 14.7 Å². The number of carbonyl (C=O) groups excluding carboxylic acids is 2. The van der Waals surface area contributed by atoms with Gasteiger partial charge in [0.2, 0.25) is 5.78 Å². The Balaban J connectivity index is 1.52. The zero-order valence-electron chi connectivity index (χ0n) is 20.8. The molecule has 0 radical (unpaired) electrons. The van der Waals surface area contributed by atoms with Crippen LogP contribution >= 0.6 is 22.9 Å². The molecule has 39 heavy (non-hydrogen) atoms. The number of thiazole rings is 1. The molecule has 1 unspecified atom stereocenters. The summed E-state index contributed by atoms with van der Waals surface area (Å²) in [5, 5.41) is 12.7. The number of benzene rings is 3. The van der Waals surface area contributed by atoms with Crippen LogP contribution in [0.1, 0.15) is 29.1 Å². The fraction of sp³-hybridized carbons (Fsp3) is 0.138. The Morgan fingerprint density at radius 1 is 1.13 bits per heavy atom. The number of para-hydroxylation sites is 1. The molecule has 6 rings (SSSR count). The average molecular weight is 561 g/mol. The average Bonchev–Trinajstić information content (AvgIpc) is 3.62. The van der Waals surface area contributed by atoms with Crippen LogP contribution in [0.15, 0.2) is 82.5 Å². The number of carbonyl (C=O) groups is 2. The number of Topliss-reactive ketones (excluding diaryl/α,β-unsaturated/α-hetero) is 1. The minimum atomic E-state index is -1.01. The second-order valence-corrected chi connectivity index (χ2v) is 10.2. The molecule has 0 saturated carbocycles. The summed E-state index contributed by atoms with van der Waals surface area (Å²) in [5.41, 5.74) is 1.54. The first-order chi connectivity index (χ1) is 18.9. The standard InChI is InChI=1S/C29H21ClN2O6S/c1-3-37-20-11-8-16(13-21(20)36-2)25-24(26(33)22-12-15-6-4-5-7-19(15)38-22)27(34)28(35)32(25)29-31-18-10-9-17(30)14-23(18)39-29/h4-14,25,34H,3H2,1-2H3. The van der Waals surface area contributed by atoms with E-state index in [1.807, 2.05) is 19.1 Å². The number of aromatic nitrogens is 1. The summed E-state index contributed by atoms with van der Waals surface area (Å²) in [7, 11) is 1.50. The van der Waals surface area contributed by atoms with Crippen molar-refractivity contribution in [2.45, 2.75) is 13.0 Å². The molecule has 2 aromatic heterocycles. The molecule has 8 nitrogen and oxygen atoms in total. The maximum absolute atomic E-state index is 13.9. The lowest BCUT2D eigenvalue weighted by Gasteiger charge is -2.25. The van der Waals surface area contributed by atoms with Crippen molar-refractivity contribution >= 4 is 60.9 Å². The molecule has 0 saturated heterocycles. The van der Waals surface area contributed by atoms with E-state index >= 15 is 0 Å². The Morgan fingerprint density at radius 3 is 2.72 bits per heavy atom. The maximum atomic E-state index is 13.9. The Bertz CT molecular complexity index is 1770. The number of fused-ring (bicyclic) bond motifs is 2. The van der Waals surface area contributed by atoms with Crippen LogP contribution in [0, 0.1) is 0 Å². The van der Waals surface area contributed by atoms with Gasteiger partial charge >= 0.3 is 0 Å². The van der Waals surface area contributed by atoms with Gasteiger partial charge in [-0.1, -0.05) is 47.2 Å². The normalized spacial score (nSPS) is 15.5. The van der Waals surface area contributed by atoms with E-state index in [1.165, 1.54) is 23.3 Å². The first kappa shape index (κ1) is 25.0. The van der Waals surface area contributed by atoms with Crippen LogP contribution in [0.4, 0.5) is 5.13 Å². The molecule has 0 fully saturated rings. The number of hydrogen-bond acceptors (Lipinski definition) is 8. The highest BCUT2D eigenvalue weighted by Crippen LogP contribution is 2.46. The van der Waals surface area contributed by atoms with Crippen molar-refractivity contribution < 1.29 is 28.6 Å². The van der Waals surface area contributed by atoms with Crippen LogP contribution in [0.25, 0.3) is 21.2 Å². The Labute approximate surface area is 231 Å². The van der Waals surface area contributed by atoms with Crippen LogP contribution in [0.2, 0.25) is 5.02 Å². The number of amides is 1. The summed E-state index contributed by atoms with van der Waals surface area (Å²) >= 11 is 7.40. The molecule has 0 bridgehead atoms. The number of ketones is 1. The molecule has 1 aliphatic rings. The molecule has 0 spiro atoms. The van der Waals surface area contributed by atoms with Crippen molar-refractivity contribution in [1.82, 2.24) is 4.98 Å². The Hall–Kier alpha value is -4.34. The van der Waals surface area contributed by atoms with Crippen molar-refractivity contribution in [3.05, 3.63) is 94.4 Å². The number of aliphatic hydroxyl groups is 1. The van der Waals surface area contributed by atoms with E-state index in [0.717, 1.165) is 10.1 Å². The smallest absolute Gasteiger partial charge is 0.296 e.